The van der Waals surface area contributed by atoms with Gasteiger partial charge < -0.3 is 10.2 Å². The lowest BCUT2D eigenvalue weighted by Gasteiger charge is -1.94. The van der Waals surface area contributed by atoms with Gasteiger partial charge in [-0.15, -0.1) is 0 Å². The number of nitrogen functional groups attached to an aromatic ring is 1. The van der Waals surface area contributed by atoms with E-state index in [1.807, 2.05) is 0 Å². The summed E-state index contributed by atoms with van der Waals surface area (Å²) in [4.78, 5) is 3.91. The molecule has 0 amide bonds. The van der Waals surface area contributed by atoms with Crippen LogP contribution in [0.3, 0.4) is 0 Å². The fourth-order valence-electron chi connectivity index (χ4n) is 0.894. The predicted molar refractivity (Wildman–Crippen MR) is 43.4 cm³/mol. The average molecular weight is 169 g/mol. The molecular weight excluding hydrogens is 164 g/mol. The van der Waals surface area contributed by atoms with Gasteiger partial charge in [-0.25, -0.2) is 4.98 Å². The molecule has 4 heteroatoms. The first-order valence-corrected chi connectivity index (χ1v) is 3.43. The van der Waals surface area contributed by atoms with E-state index in [4.69, 9.17) is 21.8 Å². The van der Waals surface area contributed by atoms with Gasteiger partial charge in [-0.3, -0.25) is 0 Å². The summed E-state index contributed by atoms with van der Waals surface area (Å²) in [5.41, 5.74) is 7.42. The van der Waals surface area contributed by atoms with Crippen molar-refractivity contribution in [2.75, 3.05) is 5.73 Å². The van der Waals surface area contributed by atoms with Crippen LogP contribution in [0.25, 0.3) is 11.1 Å². The Balaban J connectivity index is 2.86. The second kappa shape index (κ2) is 2.13. The molecule has 11 heavy (non-hydrogen) atoms. The zero-order chi connectivity index (χ0) is 7.84. The smallest absolute Gasteiger partial charge is 0.181 e. The van der Waals surface area contributed by atoms with E-state index in [2.05, 4.69) is 4.98 Å². The number of nitrogens with two attached hydrogens (primary N) is 1. The van der Waals surface area contributed by atoms with E-state index >= 15 is 0 Å². The van der Waals surface area contributed by atoms with E-state index in [0.717, 1.165) is 5.52 Å². The molecule has 2 aromatic rings. The number of aromatic nitrogens is 1. The molecule has 0 aliphatic heterocycles. The maximum Gasteiger partial charge on any atom is 0.181 e. The van der Waals surface area contributed by atoms with Crippen LogP contribution in [0.1, 0.15) is 0 Å². The van der Waals surface area contributed by atoms with Crippen LogP contribution in [0.5, 0.6) is 0 Å². The molecule has 1 aromatic heterocycles. The number of anilines is 1. The number of nitrogens with zero attached hydrogens (tertiary/aromatic N) is 1. The topological polar surface area (TPSA) is 52.0 Å². The van der Waals surface area contributed by atoms with Crippen molar-refractivity contribution in [3.05, 3.63) is 23.5 Å². The van der Waals surface area contributed by atoms with Crippen LogP contribution < -0.4 is 5.73 Å². The third-order valence-electron chi connectivity index (χ3n) is 1.45. The molecule has 2 rings (SSSR count). The van der Waals surface area contributed by atoms with Gasteiger partial charge in [0.15, 0.2) is 12.0 Å². The van der Waals surface area contributed by atoms with Crippen molar-refractivity contribution in [3.63, 3.8) is 0 Å². The fraction of sp³-hybridized carbons (Fsp3) is 0. The van der Waals surface area contributed by atoms with Crippen molar-refractivity contribution in [1.82, 2.24) is 4.98 Å². The molecule has 0 saturated carbocycles. The van der Waals surface area contributed by atoms with Crippen LogP contribution in [0.2, 0.25) is 5.02 Å². The Labute approximate surface area is 67.8 Å². The van der Waals surface area contributed by atoms with Crippen LogP contribution >= 0.6 is 11.6 Å². The van der Waals surface area contributed by atoms with Crippen molar-refractivity contribution in [3.8, 4) is 0 Å². The molecule has 3 nitrogen and oxygen atoms in total. The molecule has 0 aliphatic rings. The van der Waals surface area contributed by atoms with Crippen LogP contribution in [0.15, 0.2) is 22.9 Å². The van der Waals surface area contributed by atoms with Gasteiger partial charge >= 0.3 is 0 Å². The molecule has 0 unspecified atom stereocenters. The van der Waals surface area contributed by atoms with E-state index < -0.39 is 0 Å². The first kappa shape index (κ1) is 6.49. The molecule has 56 valence electrons. The highest BCUT2D eigenvalue weighted by Crippen LogP contribution is 2.24. The molecule has 2 N–H and O–H groups in total. The highest BCUT2D eigenvalue weighted by molar-refractivity contribution is 6.33. The standard InChI is InChI=1S/C7H5ClN2O/c8-4-1-6-7(2-5(4)9)11-3-10-6/h1-3H,9H2. The zero-order valence-corrected chi connectivity index (χ0v) is 6.30. The summed E-state index contributed by atoms with van der Waals surface area (Å²) in [6.45, 7) is 0. The van der Waals surface area contributed by atoms with E-state index in [1.54, 1.807) is 12.1 Å². The molecule has 0 aliphatic carbocycles. The molecule has 0 fully saturated rings. The monoisotopic (exact) mass is 168 g/mol. The van der Waals surface area contributed by atoms with Gasteiger partial charge in [-0.05, 0) is 6.07 Å². The summed E-state index contributed by atoms with van der Waals surface area (Å²) in [6, 6.07) is 3.33. The largest absolute Gasteiger partial charge is 0.443 e. The summed E-state index contributed by atoms with van der Waals surface area (Å²) in [7, 11) is 0. The minimum atomic E-state index is 0.506. The second-order valence-corrected chi connectivity index (χ2v) is 2.60. The second-order valence-electron chi connectivity index (χ2n) is 2.19. The Morgan fingerprint density at radius 2 is 2.27 bits per heavy atom. The van der Waals surface area contributed by atoms with E-state index in [-0.39, 0.29) is 0 Å². The number of oxazole rings is 1. The van der Waals surface area contributed by atoms with E-state index in [0.29, 0.717) is 16.3 Å². The van der Waals surface area contributed by atoms with Gasteiger partial charge in [-0.2, -0.15) is 0 Å². The van der Waals surface area contributed by atoms with Gasteiger partial charge in [-0.1, -0.05) is 11.6 Å². The van der Waals surface area contributed by atoms with Crippen molar-refractivity contribution < 1.29 is 4.42 Å². The van der Waals surface area contributed by atoms with Crippen LogP contribution in [-0.4, -0.2) is 4.98 Å². The minimum Gasteiger partial charge on any atom is -0.443 e. The summed E-state index contributed by atoms with van der Waals surface area (Å²) in [5.74, 6) is 0. The van der Waals surface area contributed by atoms with E-state index in [1.165, 1.54) is 6.39 Å². The summed E-state index contributed by atoms with van der Waals surface area (Å²) < 4.78 is 5.00. The fourth-order valence-corrected chi connectivity index (χ4v) is 1.05. The number of fused-ring (bicyclic) bond motifs is 1. The Bertz CT molecular complexity index is 360. The van der Waals surface area contributed by atoms with Crippen molar-refractivity contribution in [1.29, 1.82) is 0 Å². The van der Waals surface area contributed by atoms with Crippen molar-refractivity contribution >= 4 is 28.4 Å². The van der Waals surface area contributed by atoms with Crippen molar-refractivity contribution in [2.45, 2.75) is 0 Å². The number of hydrogen-bond donors (Lipinski definition) is 1. The van der Waals surface area contributed by atoms with Gasteiger partial charge in [0, 0.05) is 6.07 Å². The molecule has 0 spiro atoms. The molecule has 1 aromatic carbocycles. The first-order chi connectivity index (χ1) is 5.27. The molecular formula is C7H5ClN2O. The molecule has 0 atom stereocenters. The highest BCUT2D eigenvalue weighted by atomic mass is 35.5. The first-order valence-electron chi connectivity index (χ1n) is 3.05. The Morgan fingerprint density at radius 1 is 1.45 bits per heavy atom. The lowest BCUT2D eigenvalue weighted by molar-refractivity contribution is 0.602. The third kappa shape index (κ3) is 0.935. The number of hydrogen-bond acceptors (Lipinski definition) is 3. The maximum absolute atomic E-state index is 5.74. The molecule has 0 radical (unpaired) electrons. The third-order valence-corrected chi connectivity index (χ3v) is 1.78. The van der Waals surface area contributed by atoms with Crippen LogP contribution in [0.4, 0.5) is 5.69 Å². The molecule has 0 bridgehead atoms. The molecule has 1 heterocycles. The van der Waals surface area contributed by atoms with Crippen LogP contribution in [0, 0.1) is 0 Å². The van der Waals surface area contributed by atoms with Gasteiger partial charge in [0.05, 0.1) is 10.7 Å². The summed E-state index contributed by atoms with van der Waals surface area (Å²) in [6.07, 6.45) is 1.36. The lowest BCUT2D eigenvalue weighted by Crippen LogP contribution is -1.84. The van der Waals surface area contributed by atoms with Gasteiger partial charge in [0.1, 0.15) is 5.52 Å². The Hall–Kier alpha value is -1.22. The highest BCUT2D eigenvalue weighted by Gasteiger charge is 2.02. The summed E-state index contributed by atoms with van der Waals surface area (Å²) >= 11 is 5.74. The van der Waals surface area contributed by atoms with E-state index in [9.17, 15) is 0 Å². The number of rotatable bonds is 0. The predicted octanol–water partition coefficient (Wildman–Crippen LogP) is 2.06. The van der Waals surface area contributed by atoms with Gasteiger partial charge in [0.25, 0.3) is 0 Å². The lowest BCUT2D eigenvalue weighted by atomic mass is 10.3. The Morgan fingerprint density at radius 3 is 3.09 bits per heavy atom. The minimum absolute atomic E-state index is 0.506. The van der Waals surface area contributed by atoms with Gasteiger partial charge in [0.2, 0.25) is 0 Å². The Kier molecular flexibility index (Phi) is 1.26. The zero-order valence-electron chi connectivity index (χ0n) is 5.54. The molecule has 0 saturated heterocycles. The maximum atomic E-state index is 5.74. The summed E-state index contributed by atoms with van der Waals surface area (Å²) in [5, 5.41) is 0.506. The average Bonchev–Trinajstić information content (AvgIpc) is 2.36. The number of halogens is 1. The van der Waals surface area contributed by atoms with Crippen molar-refractivity contribution in [2.24, 2.45) is 0 Å². The van der Waals surface area contributed by atoms with Crippen LogP contribution in [-0.2, 0) is 0 Å². The number of benzene rings is 1. The quantitative estimate of drug-likeness (QED) is 0.613. The SMILES string of the molecule is Nc1cc2ocnc2cc1Cl. The normalized spacial score (nSPS) is 10.6.